The van der Waals surface area contributed by atoms with E-state index in [9.17, 15) is 14.0 Å². The molecule has 0 spiro atoms. The second-order valence-corrected chi connectivity index (χ2v) is 8.62. The molecule has 2 heterocycles. The number of para-hydroxylation sites is 1. The van der Waals surface area contributed by atoms with E-state index in [1.807, 2.05) is 26.8 Å². The van der Waals surface area contributed by atoms with E-state index in [1.165, 1.54) is 12.1 Å². The second-order valence-electron chi connectivity index (χ2n) is 8.62. The van der Waals surface area contributed by atoms with Crippen LogP contribution < -0.4 is 10.3 Å². The van der Waals surface area contributed by atoms with Crippen molar-refractivity contribution >= 4 is 33.6 Å². The summed E-state index contributed by atoms with van der Waals surface area (Å²) in [6.45, 7) is 7.10. The lowest BCUT2D eigenvalue weighted by Crippen LogP contribution is -2.26. The van der Waals surface area contributed by atoms with E-state index in [0.717, 1.165) is 25.2 Å². The van der Waals surface area contributed by atoms with E-state index in [1.54, 1.807) is 18.2 Å². The Morgan fingerprint density at radius 2 is 2.03 bits per heavy atom. The van der Waals surface area contributed by atoms with Crippen molar-refractivity contribution in [3.8, 4) is 0 Å². The minimum atomic E-state index is -0.550. The van der Waals surface area contributed by atoms with Gasteiger partial charge in [-0.2, -0.15) is 0 Å². The van der Waals surface area contributed by atoms with Crippen molar-refractivity contribution in [2.24, 2.45) is 5.92 Å². The molecule has 0 N–H and O–H groups in total. The first kappa shape index (κ1) is 19.4. The van der Waals surface area contributed by atoms with Crippen molar-refractivity contribution in [3.05, 3.63) is 52.4 Å². The van der Waals surface area contributed by atoms with Crippen molar-refractivity contribution in [1.82, 2.24) is 0 Å². The summed E-state index contributed by atoms with van der Waals surface area (Å²) in [6.07, 6.45) is 1.26. The number of hydrogen-bond donors (Lipinski definition) is 0. The zero-order valence-electron chi connectivity index (χ0n) is 16.8. The van der Waals surface area contributed by atoms with Crippen LogP contribution in [0, 0.1) is 11.7 Å². The van der Waals surface area contributed by atoms with Crippen LogP contribution in [0.2, 0.25) is 0 Å². The van der Waals surface area contributed by atoms with Gasteiger partial charge < -0.3 is 14.1 Å². The van der Waals surface area contributed by atoms with Crippen molar-refractivity contribution in [2.45, 2.75) is 39.2 Å². The van der Waals surface area contributed by atoms with Gasteiger partial charge in [0.15, 0.2) is 11.4 Å². The molecule has 1 atom stereocenters. The number of halogens is 1. The molecule has 0 bridgehead atoms. The van der Waals surface area contributed by atoms with Gasteiger partial charge in [-0.1, -0.05) is 6.07 Å². The average Bonchev–Trinajstić information content (AvgIpc) is 3.09. The average molecular weight is 397 g/mol. The van der Waals surface area contributed by atoms with E-state index >= 15 is 0 Å². The molecule has 6 heteroatoms. The molecule has 0 aliphatic carbocycles. The van der Waals surface area contributed by atoms with E-state index in [2.05, 4.69) is 4.90 Å². The Bertz CT molecular complexity index is 1150. The number of carbonyl (C=O) groups excluding carboxylic acids is 1. The van der Waals surface area contributed by atoms with Crippen LogP contribution in [-0.2, 0) is 9.53 Å². The van der Waals surface area contributed by atoms with Gasteiger partial charge in [-0.3, -0.25) is 9.59 Å². The van der Waals surface area contributed by atoms with E-state index < -0.39 is 11.4 Å². The number of rotatable bonds is 3. The molecule has 0 saturated carbocycles. The largest absolute Gasteiger partial charge is 0.460 e. The molecule has 3 aromatic rings. The Hall–Kier alpha value is -2.89. The second kappa shape index (κ2) is 7.17. The van der Waals surface area contributed by atoms with Crippen molar-refractivity contribution in [1.29, 1.82) is 0 Å². The molecule has 152 valence electrons. The van der Waals surface area contributed by atoms with Crippen molar-refractivity contribution in [3.63, 3.8) is 0 Å². The molecule has 2 aromatic carbocycles. The summed E-state index contributed by atoms with van der Waals surface area (Å²) in [5.41, 5.74) is 0.509. The van der Waals surface area contributed by atoms with Crippen LogP contribution in [0.3, 0.4) is 0 Å². The number of ether oxygens (including phenoxy) is 1. The van der Waals surface area contributed by atoms with Crippen LogP contribution in [0.1, 0.15) is 33.6 Å². The number of hydrogen-bond acceptors (Lipinski definition) is 5. The third-order valence-electron chi connectivity index (χ3n) is 5.16. The lowest BCUT2D eigenvalue weighted by Gasteiger charge is -2.21. The molecule has 5 nitrogen and oxygen atoms in total. The quantitative estimate of drug-likeness (QED) is 0.476. The third kappa shape index (κ3) is 3.97. The number of esters is 1. The summed E-state index contributed by atoms with van der Waals surface area (Å²) in [6, 6.07) is 9.73. The zero-order valence-corrected chi connectivity index (χ0v) is 16.8. The number of benzene rings is 2. The van der Waals surface area contributed by atoms with E-state index in [4.69, 9.17) is 9.15 Å². The minimum absolute atomic E-state index is 0.0219. The Labute approximate surface area is 168 Å². The topological polar surface area (TPSA) is 59.8 Å². The maximum atomic E-state index is 14.1. The predicted molar refractivity (Wildman–Crippen MR) is 111 cm³/mol. The van der Waals surface area contributed by atoms with Gasteiger partial charge in [0.25, 0.3) is 0 Å². The zero-order chi connectivity index (χ0) is 20.8. The molecule has 0 radical (unpaired) electrons. The van der Waals surface area contributed by atoms with E-state index in [-0.39, 0.29) is 28.3 Å². The van der Waals surface area contributed by atoms with Gasteiger partial charge in [-0.25, -0.2) is 4.39 Å². The van der Waals surface area contributed by atoms with Crippen LogP contribution in [0.5, 0.6) is 0 Å². The summed E-state index contributed by atoms with van der Waals surface area (Å²) in [7, 11) is 0. The molecule has 1 aliphatic heterocycles. The van der Waals surface area contributed by atoms with Crippen LogP contribution in [0.15, 0.2) is 45.6 Å². The van der Waals surface area contributed by atoms with Gasteiger partial charge in [0.1, 0.15) is 11.2 Å². The fraction of sp³-hybridized carbons (Fsp3) is 0.391. The first-order valence-electron chi connectivity index (χ1n) is 9.83. The smallest absolute Gasteiger partial charge is 0.306 e. The SMILES string of the molecule is CC(C)(C)OC(=O)C[C@H]1CCN(c2ccc3c(=O)c4cccc(F)c4oc3c2)C1. The van der Waals surface area contributed by atoms with Gasteiger partial charge in [-0.05, 0) is 57.4 Å². The van der Waals surface area contributed by atoms with Crippen LogP contribution in [0.4, 0.5) is 10.1 Å². The standard InChI is InChI=1S/C23H24FNO4/c1-23(2,3)29-20(26)11-14-9-10-25(13-14)15-7-8-16-19(12-15)28-22-17(21(16)27)5-4-6-18(22)24/h4-8,12,14H,9-11,13H2,1-3H3/t14-/m1/s1. The maximum absolute atomic E-state index is 14.1. The summed E-state index contributed by atoms with van der Waals surface area (Å²) in [5.74, 6) is -0.525. The van der Waals surface area contributed by atoms with Crippen LogP contribution in [-0.4, -0.2) is 24.7 Å². The van der Waals surface area contributed by atoms with Gasteiger partial charge in [-0.15, -0.1) is 0 Å². The minimum Gasteiger partial charge on any atom is -0.460 e. The Morgan fingerprint density at radius 3 is 2.79 bits per heavy atom. The Balaban J connectivity index is 1.57. The van der Waals surface area contributed by atoms with Crippen LogP contribution in [0.25, 0.3) is 21.9 Å². The highest BCUT2D eigenvalue weighted by atomic mass is 19.1. The molecule has 4 rings (SSSR count). The van der Waals surface area contributed by atoms with Crippen LogP contribution >= 0.6 is 0 Å². The van der Waals surface area contributed by atoms with E-state index in [0.29, 0.717) is 17.4 Å². The lowest BCUT2D eigenvalue weighted by atomic mass is 10.1. The number of carbonyl (C=O) groups is 1. The number of fused-ring (bicyclic) bond motifs is 2. The van der Waals surface area contributed by atoms with Crippen molar-refractivity contribution in [2.75, 3.05) is 18.0 Å². The van der Waals surface area contributed by atoms with Gasteiger partial charge in [0, 0.05) is 24.8 Å². The predicted octanol–water partition coefficient (Wildman–Crippen LogP) is 4.64. The fourth-order valence-corrected chi connectivity index (χ4v) is 3.88. The molecule has 29 heavy (non-hydrogen) atoms. The lowest BCUT2D eigenvalue weighted by molar-refractivity contribution is -0.155. The molecule has 1 saturated heterocycles. The maximum Gasteiger partial charge on any atom is 0.306 e. The summed E-state index contributed by atoms with van der Waals surface area (Å²) in [4.78, 5) is 26.9. The van der Waals surface area contributed by atoms with Gasteiger partial charge >= 0.3 is 5.97 Å². The third-order valence-corrected chi connectivity index (χ3v) is 5.16. The molecule has 0 amide bonds. The number of anilines is 1. The van der Waals surface area contributed by atoms with Gasteiger partial charge in [0.05, 0.1) is 17.2 Å². The summed E-state index contributed by atoms with van der Waals surface area (Å²) >= 11 is 0. The highest BCUT2D eigenvalue weighted by molar-refractivity contribution is 5.91. The summed E-state index contributed by atoms with van der Waals surface area (Å²) in [5, 5.41) is 0.667. The Kier molecular flexibility index (Phi) is 4.81. The molecular formula is C23H24FNO4. The molecule has 0 unspecified atom stereocenters. The molecular weight excluding hydrogens is 373 g/mol. The highest BCUT2D eigenvalue weighted by Gasteiger charge is 2.27. The first-order chi connectivity index (χ1) is 13.7. The number of nitrogens with zero attached hydrogens (tertiary/aromatic N) is 1. The monoisotopic (exact) mass is 397 g/mol. The van der Waals surface area contributed by atoms with Gasteiger partial charge in [0.2, 0.25) is 5.43 Å². The Morgan fingerprint density at radius 1 is 1.24 bits per heavy atom. The normalized spacial score (nSPS) is 17.2. The molecule has 1 aliphatic rings. The summed E-state index contributed by atoms with van der Waals surface area (Å²) < 4.78 is 25.2. The highest BCUT2D eigenvalue weighted by Crippen LogP contribution is 2.30. The molecule has 1 aromatic heterocycles. The first-order valence-corrected chi connectivity index (χ1v) is 9.83. The fourth-order valence-electron chi connectivity index (χ4n) is 3.88. The molecule has 1 fully saturated rings. The van der Waals surface area contributed by atoms with Crippen molar-refractivity contribution < 1.29 is 18.3 Å².